The second kappa shape index (κ2) is 7.17. The highest BCUT2D eigenvalue weighted by Gasteiger charge is 2.40. The molecule has 0 saturated carbocycles. The molecule has 0 aliphatic carbocycles. The third-order valence-corrected chi connectivity index (χ3v) is 4.17. The number of likely N-dealkylation sites (tertiary alicyclic amines) is 1. The van der Waals surface area contributed by atoms with Gasteiger partial charge in [0.05, 0.1) is 6.26 Å². The monoisotopic (exact) mass is 348 g/mol. The number of esters is 1. The fourth-order valence-corrected chi connectivity index (χ4v) is 3.36. The molecule has 1 rings (SSSR count). The number of carbonyl (C=O) groups excluding carboxylic acids is 2. The third-order valence-electron chi connectivity index (χ3n) is 3.49. The second-order valence-electron chi connectivity index (χ2n) is 7.33. The summed E-state index contributed by atoms with van der Waals surface area (Å²) in [6, 6.07) is -1.53. The quantitative estimate of drug-likeness (QED) is 0.745. The molecule has 0 bridgehead atoms. The Labute approximate surface area is 138 Å². The van der Waals surface area contributed by atoms with Crippen LogP contribution in [0.25, 0.3) is 0 Å². The number of amides is 1. The van der Waals surface area contributed by atoms with E-state index in [2.05, 4.69) is 4.72 Å². The van der Waals surface area contributed by atoms with Crippen molar-refractivity contribution < 1.29 is 22.7 Å². The van der Waals surface area contributed by atoms with Crippen LogP contribution in [0, 0.1) is 5.92 Å². The molecule has 1 amide bonds. The predicted molar refractivity (Wildman–Crippen MR) is 87.2 cm³/mol. The highest BCUT2D eigenvalue weighted by molar-refractivity contribution is 7.88. The van der Waals surface area contributed by atoms with Crippen LogP contribution in [0.2, 0.25) is 0 Å². The lowest BCUT2D eigenvalue weighted by atomic mass is 10.0. The Bertz CT molecular complexity index is 551. The molecular weight excluding hydrogens is 320 g/mol. The summed E-state index contributed by atoms with van der Waals surface area (Å²) in [5.41, 5.74) is -0.628. The fraction of sp³-hybridized carbons (Fsp3) is 0.867. The Balaban J connectivity index is 2.93. The van der Waals surface area contributed by atoms with Crippen LogP contribution < -0.4 is 4.72 Å². The lowest BCUT2D eigenvalue weighted by molar-refractivity contribution is -0.163. The number of nitrogens with zero attached hydrogens (tertiary/aromatic N) is 1. The number of ether oxygens (including phenoxy) is 1. The lowest BCUT2D eigenvalue weighted by Gasteiger charge is -2.31. The largest absolute Gasteiger partial charge is 0.458 e. The number of rotatable bonds is 5. The molecular formula is C15H28N2O5S. The third kappa shape index (κ3) is 6.10. The standard InChI is InChI=1S/C15H28N2O5S/c1-10(2)12(16-23(6,20)21)13(18)17-9-7-8-11(17)14(19)22-15(3,4)5/h10-12,16H,7-9H2,1-6H3/t11-,12-/m0/s1. The van der Waals surface area contributed by atoms with Gasteiger partial charge in [0, 0.05) is 6.54 Å². The molecule has 134 valence electrons. The van der Waals surface area contributed by atoms with E-state index >= 15 is 0 Å². The highest BCUT2D eigenvalue weighted by atomic mass is 32.2. The molecule has 1 heterocycles. The lowest BCUT2D eigenvalue weighted by Crippen LogP contribution is -2.54. The number of carbonyl (C=O) groups is 2. The maximum atomic E-state index is 12.7. The average Bonchev–Trinajstić information content (AvgIpc) is 2.80. The summed E-state index contributed by atoms with van der Waals surface area (Å²) < 4.78 is 30.7. The van der Waals surface area contributed by atoms with E-state index in [1.165, 1.54) is 4.90 Å². The predicted octanol–water partition coefficient (Wildman–Crippen LogP) is 0.893. The van der Waals surface area contributed by atoms with Crippen molar-refractivity contribution in [1.29, 1.82) is 0 Å². The summed E-state index contributed by atoms with van der Waals surface area (Å²) in [6.45, 7) is 9.27. The van der Waals surface area contributed by atoms with Crippen LogP contribution in [0.15, 0.2) is 0 Å². The Morgan fingerprint density at radius 1 is 1.26 bits per heavy atom. The summed E-state index contributed by atoms with van der Waals surface area (Å²) in [5, 5.41) is 0. The van der Waals surface area contributed by atoms with Gasteiger partial charge in [0.2, 0.25) is 15.9 Å². The molecule has 0 aromatic heterocycles. The number of hydrogen-bond acceptors (Lipinski definition) is 5. The van der Waals surface area contributed by atoms with Crippen molar-refractivity contribution in [1.82, 2.24) is 9.62 Å². The van der Waals surface area contributed by atoms with Crippen LogP contribution in [0.4, 0.5) is 0 Å². The van der Waals surface area contributed by atoms with Gasteiger partial charge in [-0.25, -0.2) is 17.9 Å². The summed E-state index contributed by atoms with van der Waals surface area (Å²) in [4.78, 5) is 26.5. The van der Waals surface area contributed by atoms with Crippen LogP contribution in [0.1, 0.15) is 47.5 Å². The SMILES string of the molecule is CC(C)[C@H](NS(C)(=O)=O)C(=O)N1CCC[C@H]1C(=O)OC(C)(C)C. The van der Waals surface area contributed by atoms with Gasteiger partial charge >= 0.3 is 5.97 Å². The Morgan fingerprint density at radius 2 is 1.83 bits per heavy atom. The van der Waals surface area contributed by atoms with Crippen molar-refractivity contribution >= 4 is 21.9 Å². The van der Waals surface area contributed by atoms with Crippen LogP contribution in [0.3, 0.4) is 0 Å². The van der Waals surface area contributed by atoms with Crippen LogP contribution >= 0.6 is 0 Å². The first-order valence-electron chi connectivity index (χ1n) is 7.82. The minimum Gasteiger partial charge on any atom is -0.458 e. The van der Waals surface area contributed by atoms with Crippen molar-refractivity contribution in [3.63, 3.8) is 0 Å². The minimum absolute atomic E-state index is 0.225. The number of hydrogen-bond donors (Lipinski definition) is 1. The molecule has 1 saturated heterocycles. The average molecular weight is 348 g/mol. The maximum Gasteiger partial charge on any atom is 0.329 e. The Kier molecular flexibility index (Phi) is 6.20. The van der Waals surface area contributed by atoms with E-state index in [9.17, 15) is 18.0 Å². The zero-order valence-corrected chi connectivity index (χ0v) is 15.6. The van der Waals surface area contributed by atoms with Crippen molar-refractivity contribution in [2.45, 2.75) is 65.1 Å². The minimum atomic E-state index is -3.52. The van der Waals surface area contributed by atoms with Gasteiger partial charge < -0.3 is 9.64 Å². The first kappa shape index (κ1) is 19.9. The molecule has 1 fully saturated rings. The smallest absolute Gasteiger partial charge is 0.329 e. The first-order chi connectivity index (χ1) is 10.3. The molecule has 23 heavy (non-hydrogen) atoms. The molecule has 0 spiro atoms. The van der Waals surface area contributed by atoms with E-state index in [1.54, 1.807) is 34.6 Å². The van der Waals surface area contributed by atoms with Gasteiger partial charge in [0.1, 0.15) is 17.7 Å². The molecule has 2 atom stereocenters. The molecule has 0 radical (unpaired) electrons. The number of sulfonamides is 1. The summed E-state index contributed by atoms with van der Waals surface area (Å²) in [5.74, 6) is -1.04. The van der Waals surface area contributed by atoms with E-state index in [4.69, 9.17) is 4.74 Å². The van der Waals surface area contributed by atoms with Gasteiger partial charge in [-0.05, 0) is 39.5 Å². The number of nitrogens with one attached hydrogen (secondary N) is 1. The molecule has 8 heteroatoms. The van der Waals surface area contributed by atoms with E-state index in [-0.39, 0.29) is 11.8 Å². The van der Waals surface area contributed by atoms with E-state index in [0.29, 0.717) is 19.4 Å². The van der Waals surface area contributed by atoms with Gasteiger partial charge in [-0.2, -0.15) is 0 Å². The van der Waals surface area contributed by atoms with E-state index < -0.39 is 33.7 Å². The van der Waals surface area contributed by atoms with Gasteiger partial charge in [-0.15, -0.1) is 0 Å². The summed E-state index contributed by atoms with van der Waals surface area (Å²) in [6.07, 6.45) is 2.24. The maximum absolute atomic E-state index is 12.7. The zero-order chi connectivity index (χ0) is 18.0. The fourth-order valence-electron chi connectivity index (χ4n) is 2.53. The van der Waals surface area contributed by atoms with Crippen LogP contribution in [-0.4, -0.2) is 55.7 Å². The molecule has 0 unspecified atom stereocenters. The van der Waals surface area contributed by atoms with E-state index in [0.717, 1.165) is 6.26 Å². The summed E-state index contributed by atoms with van der Waals surface area (Å²) in [7, 11) is -3.52. The first-order valence-corrected chi connectivity index (χ1v) is 9.71. The van der Waals surface area contributed by atoms with Crippen LogP contribution in [0.5, 0.6) is 0 Å². The van der Waals surface area contributed by atoms with Crippen LogP contribution in [-0.2, 0) is 24.3 Å². The van der Waals surface area contributed by atoms with Gasteiger partial charge in [-0.1, -0.05) is 13.8 Å². The summed E-state index contributed by atoms with van der Waals surface area (Å²) >= 11 is 0. The van der Waals surface area contributed by atoms with Gasteiger partial charge in [0.25, 0.3) is 0 Å². The zero-order valence-electron chi connectivity index (χ0n) is 14.8. The van der Waals surface area contributed by atoms with Gasteiger partial charge in [-0.3, -0.25) is 4.79 Å². The second-order valence-corrected chi connectivity index (χ2v) is 9.11. The molecule has 1 N–H and O–H groups in total. The Morgan fingerprint density at radius 3 is 2.26 bits per heavy atom. The molecule has 7 nitrogen and oxygen atoms in total. The Hall–Kier alpha value is -1.15. The molecule has 1 aliphatic heterocycles. The highest BCUT2D eigenvalue weighted by Crippen LogP contribution is 2.23. The van der Waals surface area contributed by atoms with Crippen molar-refractivity contribution in [2.24, 2.45) is 5.92 Å². The van der Waals surface area contributed by atoms with E-state index in [1.807, 2.05) is 0 Å². The molecule has 1 aliphatic rings. The van der Waals surface area contributed by atoms with Crippen molar-refractivity contribution in [2.75, 3.05) is 12.8 Å². The molecule has 0 aromatic rings. The van der Waals surface area contributed by atoms with Gasteiger partial charge in [0.15, 0.2) is 0 Å². The normalized spacial score (nSPS) is 20.7. The van der Waals surface area contributed by atoms with Crippen molar-refractivity contribution in [3.8, 4) is 0 Å². The topological polar surface area (TPSA) is 92.8 Å². The van der Waals surface area contributed by atoms with Crippen molar-refractivity contribution in [3.05, 3.63) is 0 Å². The molecule has 0 aromatic carbocycles.